The van der Waals surface area contributed by atoms with Crippen molar-refractivity contribution in [1.29, 1.82) is 0 Å². The maximum atomic E-state index is 12.9. The van der Waals surface area contributed by atoms with E-state index in [0.717, 1.165) is 5.82 Å². The van der Waals surface area contributed by atoms with E-state index in [2.05, 4.69) is 9.97 Å². The minimum absolute atomic E-state index is 0.0392. The first kappa shape index (κ1) is 19.2. The van der Waals surface area contributed by atoms with Crippen molar-refractivity contribution < 1.29 is 8.42 Å². The van der Waals surface area contributed by atoms with Crippen molar-refractivity contribution in [2.75, 3.05) is 50.1 Å². The number of sulfonamides is 1. The van der Waals surface area contributed by atoms with Gasteiger partial charge in [0.05, 0.1) is 10.0 Å². The summed E-state index contributed by atoms with van der Waals surface area (Å²) < 4.78 is 27.2. The number of rotatable bonds is 4. The van der Waals surface area contributed by atoms with Gasteiger partial charge in [-0.25, -0.2) is 13.4 Å². The van der Waals surface area contributed by atoms with Gasteiger partial charge in [0, 0.05) is 46.5 Å². The molecule has 0 amide bonds. The van der Waals surface area contributed by atoms with Gasteiger partial charge in [-0.3, -0.25) is 0 Å². The third kappa shape index (κ3) is 3.73. The summed E-state index contributed by atoms with van der Waals surface area (Å²) in [4.78, 5) is 12.6. The summed E-state index contributed by atoms with van der Waals surface area (Å²) in [5.74, 6) is 1.39. The lowest BCUT2D eigenvalue weighted by Gasteiger charge is -2.34. The van der Waals surface area contributed by atoms with E-state index in [-0.39, 0.29) is 14.9 Å². The Hall–Kier alpha value is -1.61. The highest BCUT2D eigenvalue weighted by Crippen LogP contribution is 2.32. The minimum atomic E-state index is -3.76. The Morgan fingerprint density at radius 1 is 1.04 bits per heavy atom. The number of hydrogen-bond donors (Lipinski definition) is 0. The molecule has 0 bridgehead atoms. The van der Waals surface area contributed by atoms with Crippen LogP contribution in [0.2, 0.25) is 10.0 Å². The van der Waals surface area contributed by atoms with E-state index < -0.39 is 10.0 Å². The van der Waals surface area contributed by atoms with Gasteiger partial charge >= 0.3 is 0 Å². The molecule has 2 heterocycles. The molecule has 0 spiro atoms. The summed E-state index contributed by atoms with van der Waals surface area (Å²) in [6, 6.07) is 6.49. The molecule has 10 heteroatoms. The predicted octanol–water partition coefficient (Wildman–Crippen LogP) is 2.36. The Kier molecular flexibility index (Phi) is 5.57. The van der Waals surface area contributed by atoms with Crippen molar-refractivity contribution in [3.05, 3.63) is 40.5 Å². The van der Waals surface area contributed by atoms with Crippen LogP contribution in [0.15, 0.2) is 35.4 Å². The van der Waals surface area contributed by atoms with Gasteiger partial charge in [0.1, 0.15) is 10.7 Å². The van der Waals surface area contributed by atoms with Gasteiger partial charge < -0.3 is 9.80 Å². The molecule has 3 rings (SSSR count). The Morgan fingerprint density at radius 3 is 2.23 bits per heavy atom. The lowest BCUT2D eigenvalue weighted by molar-refractivity contribution is 0.382. The Bertz CT molecular complexity index is 879. The lowest BCUT2D eigenvalue weighted by atomic mass is 10.4. The van der Waals surface area contributed by atoms with Crippen LogP contribution in [0.5, 0.6) is 0 Å². The highest BCUT2D eigenvalue weighted by Gasteiger charge is 2.32. The summed E-state index contributed by atoms with van der Waals surface area (Å²) in [6.07, 6.45) is 1.70. The summed E-state index contributed by atoms with van der Waals surface area (Å²) in [5.41, 5.74) is 0. The van der Waals surface area contributed by atoms with Gasteiger partial charge in [-0.05, 0) is 18.2 Å². The molecule has 1 aromatic carbocycles. The van der Waals surface area contributed by atoms with Gasteiger partial charge in [-0.1, -0.05) is 29.3 Å². The average molecular weight is 416 g/mol. The molecule has 0 radical (unpaired) electrons. The monoisotopic (exact) mass is 415 g/mol. The van der Waals surface area contributed by atoms with Crippen LogP contribution >= 0.6 is 23.2 Å². The number of anilines is 2. The van der Waals surface area contributed by atoms with E-state index in [1.807, 2.05) is 30.0 Å². The second-order valence-corrected chi connectivity index (χ2v) is 8.74. The molecule has 7 nitrogen and oxygen atoms in total. The van der Waals surface area contributed by atoms with E-state index in [9.17, 15) is 8.42 Å². The molecule has 0 saturated carbocycles. The molecule has 1 fully saturated rings. The number of benzene rings is 1. The van der Waals surface area contributed by atoms with Gasteiger partial charge in [0.2, 0.25) is 16.0 Å². The first-order valence-corrected chi connectivity index (χ1v) is 10.2. The number of hydrogen-bond acceptors (Lipinski definition) is 6. The maximum absolute atomic E-state index is 12.9. The van der Waals surface area contributed by atoms with E-state index in [0.29, 0.717) is 32.1 Å². The van der Waals surface area contributed by atoms with Crippen molar-refractivity contribution in [1.82, 2.24) is 14.3 Å². The van der Waals surface area contributed by atoms with Crippen molar-refractivity contribution in [3.8, 4) is 0 Å². The third-order valence-corrected chi connectivity index (χ3v) is 6.98. The summed E-state index contributed by atoms with van der Waals surface area (Å²) in [7, 11) is 0.0566. The Labute approximate surface area is 163 Å². The van der Waals surface area contributed by atoms with E-state index in [1.54, 1.807) is 12.3 Å². The third-order valence-electron chi connectivity index (χ3n) is 4.12. The van der Waals surface area contributed by atoms with Crippen molar-refractivity contribution in [2.24, 2.45) is 0 Å². The molecule has 26 heavy (non-hydrogen) atoms. The molecule has 1 saturated heterocycles. The van der Waals surface area contributed by atoms with Crippen LogP contribution < -0.4 is 9.80 Å². The predicted molar refractivity (Wildman–Crippen MR) is 104 cm³/mol. The molecule has 1 aliphatic rings. The summed E-state index contributed by atoms with van der Waals surface area (Å²) in [6.45, 7) is 1.58. The molecule has 0 N–H and O–H groups in total. The first-order chi connectivity index (χ1) is 12.3. The van der Waals surface area contributed by atoms with Crippen LogP contribution in [-0.2, 0) is 10.0 Å². The molecular weight excluding hydrogens is 397 g/mol. The number of piperazine rings is 1. The highest BCUT2D eigenvalue weighted by atomic mass is 35.5. The zero-order valence-corrected chi connectivity index (χ0v) is 16.8. The lowest BCUT2D eigenvalue weighted by Crippen LogP contribution is -2.49. The normalized spacial score (nSPS) is 15.9. The molecule has 2 aromatic rings. The Balaban J connectivity index is 1.77. The topological polar surface area (TPSA) is 69.6 Å². The number of halogens is 2. The van der Waals surface area contributed by atoms with Gasteiger partial charge in [-0.15, -0.1) is 0 Å². The quantitative estimate of drug-likeness (QED) is 0.762. The molecule has 0 aliphatic carbocycles. The standard InChI is InChI=1S/C16H19Cl2N5O2S/c1-21(2)14-6-7-19-16(20-14)22-8-10-23(11-9-22)26(24,25)15-12(17)4-3-5-13(15)18/h3-7H,8-11H2,1-2H3. The molecule has 1 aromatic heterocycles. The van der Waals surface area contributed by atoms with Crippen molar-refractivity contribution >= 4 is 45.0 Å². The molecule has 0 atom stereocenters. The van der Waals surface area contributed by atoms with Crippen molar-refractivity contribution in [3.63, 3.8) is 0 Å². The van der Waals surface area contributed by atoms with E-state index in [1.165, 1.54) is 16.4 Å². The highest BCUT2D eigenvalue weighted by molar-refractivity contribution is 7.89. The molecule has 1 aliphatic heterocycles. The minimum Gasteiger partial charge on any atom is -0.363 e. The number of nitrogens with zero attached hydrogens (tertiary/aromatic N) is 5. The van der Waals surface area contributed by atoms with Crippen LogP contribution in [0.25, 0.3) is 0 Å². The van der Waals surface area contributed by atoms with Crippen LogP contribution in [0.4, 0.5) is 11.8 Å². The zero-order chi connectivity index (χ0) is 18.9. The van der Waals surface area contributed by atoms with Gasteiger partial charge in [0.25, 0.3) is 0 Å². The Morgan fingerprint density at radius 2 is 1.65 bits per heavy atom. The average Bonchev–Trinajstić information content (AvgIpc) is 2.61. The SMILES string of the molecule is CN(C)c1ccnc(N2CCN(S(=O)(=O)c3c(Cl)cccc3Cl)CC2)n1. The molecule has 140 valence electrons. The fraction of sp³-hybridized carbons (Fsp3) is 0.375. The fourth-order valence-electron chi connectivity index (χ4n) is 2.73. The van der Waals surface area contributed by atoms with Crippen LogP contribution in [0.1, 0.15) is 0 Å². The fourth-order valence-corrected chi connectivity index (χ4v) is 5.24. The van der Waals surface area contributed by atoms with E-state index in [4.69, 9.17) is 23.2 Å². The zero-order valence-electron chi connectivity index (χ0n) is 14.4. The van der Waals surface area contributed by atoms with Crippen LogP contribution in [0, 0.1) is 0 Å². The van der Waals surface area contributed by atoms with Gasteiger partial charge in [-0.2, -0.15) is 9.29 Å². The molecule has 0 unspecified atom stereocenters. The second kappa shape index (κ2) is 7.56. The molecular formula is C16H19Cl2N5O2S. The van der Waals surface area contributed by atoms with Crippen LogP contribution in [-0.4, -0.2) is 63.0 Å². The smallest absolute Gasteiger partial charge is 0.246 e. The summed E-state index contributed by atoms with van der Waals surface area (Å²) >= 11 is 12.2. The van der Waals surface area contributed by atoms with Crippen molar-refractivity contribution in [2.45, 2.75) is 4.90 Å². The number of aromatic nitrogens is 2. The van der Waals surface area contributed by atoms with E-state index >= 15 is 0 Å². The maximum Gasteiger partial charge on any atom is 0.246 e. The summed E-state index contributed by atoms with van der Waals surface area (Å²) in [5, 5.41) is 0.254. The second-order valence-electron chi connectivity index (χ2n) is 6.05. The van der Waals surface area contributed by atoms with Gasteiger partial charge in [0.15, 0.2) is 0 Å². The largest absolute Gasteiger partial charge is 0.363 e. The van der Waals surface area contributed by atoms with Crippen LogP contribution in [0.3, 0.4) is 0 Å². The first-order valence-electron chi connectivity index (χ1n) is 8.00.